The van der Waals surface area contributed by atoms with Crippen molar-refractivity contribution in [3.8, 4) is 0 Å². The molecule has 0 saturated carbocycles. The highest BCUT2D eigenvalue weighted by Gasteiger charge is 2.25. The van der Waals surface area contributed by atoms with E-state index in [2.05, 4.69) is 12.1 Å². The normalized spacial score (nSPS) is 12.1. The number of anilines is 1. The Hall–Kier alpha value is -2.85. The minimum absolute atomic E-state index is 0.0417. The van der Waals surface area contributed by atoms with Crippen molar-refractivity contribution in [2.45, 2.75) is 25.9 Å². The van der Waals surface area contributed by atoms with Crippen LogP contribution in [0.3, 0.4) is 0 Å². The first-order chi connectivity index (χ1) is 12.7. The average molecular weight is 349 g/mol. The first-order valence-corrected chi connectivity index (χ1v) is 8.95. The van der Waals surface area contributed by atoms with Gasteiger partial charge in [0.05, 0.1) is 6.26 Å². The smallest absolute Gasteiger partial charge is 0.282 e. The SMILES string of the molecule is CC(C)N(C(=O)C[NH2+][C@@H](c1ccccc1)c1ccco1)c1ccccc1. The second-order valence-corrected chi connectivity index (χ2v) is 6.54. The van der Waals surface area contributed by atoms with Gasteiger partial charge in [-0.1, -0.05) is 48.5 Å². The largest absolute Gasteiger partial charge is 0.463 e. The van der Waals surface area contributed by atoms with Gasteiger partial charge in [0.25, 0.3) is 5.91 Å². The van der Waals surface area contributed by atoms with Crippen LogP contribution < -0.4 is 10.2 Å². The van der Waals surface area contributed by atoms with E-state index in [9.17, 15) is 4.79 Å². The maximum absolute atomic E-state index is 13.0. The van der Waals surface area contributed by atoms with Gasteiger partial charge >= 0.3 is 0 Å². The predicted octanol–water partition coefficient (Wildman–Crippen LogP) is 3.37. The number of rotatable bonds is 7. The van der Waals surface area contributed by atoms with E-state index in [-0.39, 0.29) is 18.0 Å². The quantitative estimate of drug-likeness (QED) is 0.711. The van der Waals surface area contributed by atoms with Gasteiger partial charge in [0, 0.05) is 17.3 Å². The zero-order valence-corrected chi connectivity index (χ0v) is 15.2. The Morgan fingerprint density at radius 3 is 2.19 bits per heavy atom. The van der Waals surface area contributed by atoms with Crippen LogP contribution in [0.5, 0.6) is 0 Å². The van der Waals surface area contributed by atoms with Gasteiger partial charge in [-0.3, -0.25) is 4.79 Å². The lowest BCUT2D eigenvalue weighted by atomic mass is 10.0. The summed E-state index contributed by atoms with van der Waals surface area (Å²) in [6.07, 6.45) is 1.67. The molecule has 1 heterocycles. The molecule has 4 nitrogen and oxygen atoms in total. The van der Waals surface area contributed by atoms with Crippen LogP contribution in [-0.4, -0.2) is 18.5 Å². The number of quaternary nitrogens is 1. The van der Waals surface area contributed by atoms with E-state index in [1.807, 2.05) is 84.7 Å². The minimum atomic E-state index is -0.0417. The van der Waals surface area contributed by atoms with Crippen molar-refractivity contribution >= 4 is 11.6 Å². The van der Waals surface area contributed by atoms with Gasteiger partial charge in [-0.15, -0.1) is 0 Å². The number of carbonyl (C=O) groups is 1. The molecule has 0 unspecified atom stereocenters. The van der Waals surface area contributed by atoms with E-state index in [1.165, 1.54) is 0 Å². The van der Waals surface area contributed by atoms with Crippen molar-refractivity contribution in [2.24, 2.45) is 0 Å². The number of hydrogen-bond donors (Lipinski definition) is 1. The van der Waals surface area contributed by atoms with Crippen LogP contribution in [0.15, 0.2) is 83.5 Å². The zero-order valence-electron chi connectivity index (χ0n) is 15.2. The summed E-state index contributed by atoms with van der Waals surface area (Å²) in [5, 5.41) is 2.04. The number of nitrogens with two attached hydrogens (primary N) is 1. The Bertz CT molecular complexity index is 799. The third-order valence-electron chi connectivity index (χ3n) is 4.36. The highest BCUT2D eigenvalue weighted by Crippen LogP contribution is 2.19. The third kappa shape index (κ3) is 4.21. The second kappa shape index (κ2) is 8.50. The van der Waals surface area contributed by atoms with E-state index >= 15 is 0 Å². The molecule has 0 fully saturated rings. The van der Waals surface area contributed by atoms with Gasteiger partial charge < -0.3 is 14.6 Å². The Kier molecular flexibility index (Phi) is 5.87. The Morgan fingerprint density at radius 2 is 1.62 bits per heavy atom. The van der Waals surface area contributed by atoms with Crippen LogP contribution in [0.4, 0.5) is 5.69 Å². The molecule has 1 amide bonds. The van der Waals surface area contributed by atoms with Crippen molar-refractivity contribution in [3.63, 3.8) is 0 Å². The summed E-state index contributed by atoms with van der Waals surface area (Å²) < 4.78 is 5.62. The van der Waals surface area contributed by atoms with Gasteiger partial charge in [-0.2, -0.15) is 0 Å². The number of amides is 1. The van der Waals surface area contributed by atoms with E-state index < -0.39 is 0 Å². The number of nitrogens with zero attached hydrogens (tertiary/aromatic N) is 1. The second-order valence-electron chi connectivity index (χ2n) is 6.54. The van der Waals surface area contributed by atoms with E-state index in [1.54, 1.807) is 6.26 Å². The molecule has 0 aliphatic heterocycles. The van der Waals surface area contributed by atoms with Crippen LogP contribution in [-0.2, 0) is 4.79 Å². The molecule has 0 bridgehead atoms. The van der Waals surface area contributed by atoms with Gasteiger partial charge in [0.2, 0.25) is 0 Å². The number of hydrogen-bond acceptors (Lipinski definition) is 2. The van der Waals surface area contributed by atoms with Crippen LogP contribution in [0.25, 0.3) is 0 Å². The van der Waals surface area contributed by atoms with Gasteiger partial charge in [-0.25, -0.2) is 0 Å². The Labute approximate surface area is 154 Å². The fourth-order valence-corrected chi connectivity index (χ4v) is 3.18. The van der Waals surface area contributed by atoms with Crippen molar-refractivity contribution < 1.29 is 14.5 Å². The van der Waals surface area contributed by atoms with Crippen molar-refractivity contribution in [1.29, 1.82) is 0 Å². The maximum Gasteiger partial charge on any atom is 0.282 e. The summed E-state index contributed by atoms with van der Waals surface area (Å²) in [7, 11) is 0. The summed E-state index contributed by atoms with van der Waals surface area (Å²) in [4.78, 5) is 14.8. The molecule has 2 aromatic carbocycles. The van der Waals surface area contributed by atoms with Crippen molar-refractivity contribution in [1.82, 2.24) is 0 Å². The molecule has 1 aromatic heterocycles. The highest BCUT2D eigenvalue weighted by atomic mass is 16.3. The zero-order chi connectivity index (χ0) is 18.4. The van der Waals surface area contributed by atoms with E-state index in [4.69, 9.17) is 4.42 Å². The van der Waals surface area contributed by atoms with Crippen molar-refractivity contribution in [3.05, 3.63) is 90.4 Å². The standard InChI is InChI=1S/C22H24N2O2/c1-17(2)24(19-12-7-4-8-13-19)21(25)16-23-22(20-14-9-15-26-20)18-10-5-3-6-11-18/h3-15,17,22-23H,16H2,1-2H3/p+1/t22-/m0/s1. The molecule has 134 valence electrons. The van der Waals surface area contributed by atoms with Crippen molar-refractivity contribution in [2.75, 3.05) is 11.4 Å². The summed E-state index contributed by atoms with van der Waals surface area (Å²) in [5.41, 5.74) is 2.04. The Balaban J connectivity index is 1.77. The molecule has 3 aromatic rings. The lowest BCUT2D eigenvalue weighted by molar-refractivity contribution is -0.678. The predicted molar refractivity (Wildman–Crippen MR) is 103 cm³/mol. The number of benzene rings is 2. The number of para-hydroxylation sites is 1. The highest BCUT2D eigenvalue weighted by molar-refractivity contribution is 5.94. The molecular weight excluding hydrogens is 324 g/mol. The molecule has 3 rings (SSSR count). The maximum atomic E-state index is 13.0. The van der Waals surface area contributed by atoms with Gasteiger partial charge in [0.15, 0.2) is 18.3 Å². The lowest BCUT2D eigenvalue weighted by Crippen LogP contribution is -2.88. The third-order valence-corrected chi connectivity index (χ3v) is 4.36. The number of carbonyl (C=O) groups excluding carboxylic acids is 1. The van der Waals surface area contributed by atoms with Crippen LogP contribution in [0, 0.1) is 0 Å². The molecule has 2 N–H and O–H groups in total. The lowest BCUT2D eigenvalue weighted by Gasteiger charge is -2.26. The molecule has 26 heavy (non-hydrogen) atoms. The van der Waals surface area contributed by atoms with Crippen LogP contribution in [0.2, 0.25) is 0 Å². The van der Waals surface area contributed by atoms with Gasteiger partial charge in [0.1, 0.15) is 0 Å². The topological polar surface area (TPSA) is 50.1 Å². The molecule has 0 aliphatic rings. The first kappa shape index (κ1) is 18.0. The molecule has 0 spiro atoms. The van der Waals surface area contributed by atoms with E-state index in [0.717, 1.165) is 17.0 Å². The molecule has 0 saturated heterocycles. The van der Waals surface area contributed by atoms with E-state index in [0.29, 0.717) is 6.54 Å². The summed E-state index contributed by atoms with van der Waals surface area (Å²) in [6.45, 7) is 4.41. The monoisotopic (exact) mass is 349 g/mol. The minimum Gasteiger partial charge on any atom is -0.463 e. The van der Waals surface area contributed by atoms with Gasteiger partial charge in [-0.05, 0) is 38.1 Å². The molecule has 4 heteroatoms. The average Bonchev–Trinajstić information content (AvgIpc) is 3.18. The fourth-order valence-electron chi connectivity index (χ4n) is 3.18. The molecule has 0 aliphatic carbocycles. The summed E-state index contributed by atoms with van der Waals surface area (Å²) in [6, 6.07) is 23.8. The first-order valence-electron chi connectivity index (χ1n) is 8.95. The summed E-state index contributed by atoms with van der Waals surface area (Å²) >= 11 is 0. The Morgan fingerprint density at radius 1 is 0.962 bits per heavy atom. The number of furan rings is 1. The molecular formula is C22H25N2O2+. The van der Waals surface area contributed by atoms with Crippen LogP contribution in [0.1, 0.15) is 31.2 Å². The summed E-state index contributed by atoms with van der Waals surface area (Å²) in [5.74, 6) is 0.929. The molecule has 1 atom stereocenters. The fraction of sp³-hybridized carbons (Fsp3) is 0.227. The van der Waals surface area contributed by atoms with Crippen LogP contribution >= 0.6 is 0 Å². The molecule has 0 radical (unpaired) electrons.